The highest BCUT2D eigenvalue weighted by Gasteiger charge is 2.33. The van der Waals surface area contributed by atoms with Crippen molar-refractivity contribution < 1.29 is 17.9 Å². The van der Waals surface area contributed by atoms with Crippen molar-refractivity contribution in [2.24, 2.45) is 4.99 Å². The van der Waals surface area contributed by atoms with Crippen LogP contribution in [0.25, 0.3) is 0 Å². The predicted molar refractivity (Wildman–Crippen MR) is 117 cm³/mol. The lowest BCUT2D eigenvalue weighted by Crippen LogP contribution is -2.38. The van der Waals surface area contributed by atoms with E-state index in [1.807, 2.05) is 31.2 Å². The summed E-state index contributed by atoms with van der Waals surface area (Å²) in [4.78, 5) is 8.01. The van der Waals surface area contributed by atoms with Gasteiger partial charge in [0.15, 0.2) is 11.7 Å². The first kappa shape index (κ1) is 24.5. The van der Waals surface area contributed by atoms with Crippen LogP contribution in [0.5, 0.6) is 5.75 Å². The van der Waals surface area contributed by atoms with Crippen LogP contribution in [-0.4, -0.2) is 37.7 Å². The molecule has 0 saturated carbocycles. The van der Waals surface area contributed by atoms with Crippen molar-refractivity contribution in [3.63, 3.8) is 0 Å². The molecule has 2 aromatic rings. The highest BCUT2D eigenvalue weighted by atomic mass is 127. The summed E-state index contributed by atoms with van der Waals surface area (Å²) < 4.78 is 42.9. The number of guanidine groups is 1. The quantitative estimate of drug-likeness (QED) is 0.308. The minimum Gasteiger partial charge on any atom is -0.497 e. The maximum absolute atomic E-state index is 12.6. The molecule has 5 nitrogen and oxygen atoms in total. The van der Waals surface area contributed by atoms with Gasteiger partial charge >= 0.3 is 6.18 Å². The molecule has 0 saturated heterocycles. The van der Waals surface area contributed by atoms with Crippen molar-refractivity contribution in [1.82, 2.24) is 15.6 Å². The molecule has 156 valence electrons. The van der Waals surface area contributed by atoms with E-state index in [9.17, 15) is 13.2 Å². The average Bonchev–Trinajstić information content (AvgIpc) is 3.11. The number of thiazole rings is 1. The van der Waals surface area contributed by atoms with Gasteiger partial charge in [0, 0.05) is 31.4 Å². The number of aliphatic imine (C=N–C) groups is 1. The van der Waals surface area contributed by atoms with Gasteiger partial charge in [-0.25, -0.2) is 4.98 Å². The average molecular weight is 528 g/mol. The summed E-state index contributed by atoms with van der Waals surface area (Å²) in [5.74, 6) is 1.45. The number of halogens is 4. The van der Waals surface area contributed by atoms with Gasteiger partial charge in [0.1, 0.15) is 5.75 Å². The molecular formula is C18H24F3IN4OS. The van der Waals surface area contributed by atoms with Crippen molar-refractivity contribution in [1.29, 1.82) is 0 Å². The molecule has 1 heterocycles. The molecule has 2 N–H and O–H groups in total. The number of nitrogens with zero attached hydrogens (tertiary/aromatic N) is 2. The Kier molecular flexibility index (Phi) is 10.6. The molecule has 0 aliphatic heterocycles. The summed E-state index contributed by atoms with van der Waals surface area (Å²) in [6, 6.07) is 7.84. The van der Waals surface area contributed by atoms with Gasteiger partial charge in [-0.15, -0.1) is 35.3 Å². The van der Waals surface area contributed by atoms with E-state index in [2.05, 4.69) is 20.6 Å². The second-order valence-corrected chi connectivity index (χ2v) is 6.61. The van der Waals surface area contributed by atoms with Gasteiger partial charge in [-0.3, -0.25) is 4.99 Å². The number of nitrogens with one attached hydrogen (secondary N) is 2. The van der Waals surface area contributed by atoms with Crippen molar-refractivity contribution >= 4 is 41.3 Å². The molecule has 0 atom stereocenters. The Balaban J connectivity index is 0.00000392. The fourth-order valence-electron chi connectivity index (χ4n) is 2.31. The summed E-state index contributed by atoms with van der Waals surface area (Å²) in [7, 11) is 1.63. The Morgan fingerprint density at radius 3 is 2.68 bits per heavy atom. The van der Waals surface area contributed by atoms with E-state index in [4.69, 9.17) is 4.74 Å². The minimum absolute atomic E-state index is 0. The van der Waals surface area contributed by atoms with Gasteiger partial charge in [-0.2, -0.15) is 13.2 Å². The Hall–Kier alpha value is -1.56. The molecule has 1 aromatic carbocycles. The highest BCUT2D eigenvalue weighted by Crippen LogP contribution is 2.30. The molecule has 0 radical (unpaired) electrons. The largest absolute Gasteiger partial charge is 0.497 e. The molecule has 1 aromatic heterocycles. The van der Waals surface area contributed by atoms with E-state index in [0.29, 0.717) is 37.0 Å². The van der Waals surface area contributed by atoms with Crippen LogP contribution >= 0.6 is 35.3 Å². The van der Waals surface area contributed by atoms with E-state index in [1.54, 1.807) is 7.11 Å². The number of hydrogen-bond acceptors (Lipinski definition) is 4. The summed E-state index contributed by atoms with van der Waals surface area (Å²) in [6.45, 7) is 3.68. The van der Waals surface area contributed by atoms with Crippen LogP contribution in [0.4, 0.5) is 13.2 Å². The van der Waals surface area contributed by atoms with Crippen LogP contribution in [0, 0.1) is 0 Å². The third-order valence-electron chi connectivity index (χ3n) is 3.62. The Morgan fingerprint density at radius 1 is 1.25 bits per heavy atom. The van der Waals surface area contributed by atoms with Gasteiger partial charge in [-0.05, 0) is 31.0 Å². The zero-order chi connectivity index (χ0) is 19.7. The van der Waals surface area contributed by atoms with Crippen LogP contribution in [0.15, 0.2) is 34.6 Å². The fraction of sp³-hybridized carbons (Fsp3) is 0.444. The third-order valence-corrected chi connectivity index (χ3v) is 4.53. The second kappa shape index (κ2) is 12.1. The first-order chi connectivity index (χ1) is 12.9. The van der Waals surface area contributed by atoms with Crippen molar-refractivity contribution in [3.05, 3.63) is 45.9 Å². The maximum Gasteiger partial charge on any atom is 0.434 e. The monoisotopic (exact) mass is 528 g/mol. The normalized spacial score (nSPS) is 11.7. The van der Waals surface area contributed by atoms with Gasteiger partial charge in [0.05, 0.1) is 12.1 Å². The molecular weight excluding hydrogens is 504 g/mol. The summed E-state index contributed by atoms with van der Waals surface area (Å²) in [6.07, 6.45) is -3.23. The van der Waals surface area contributed by atoms with Crippen LogP contribution in [0.2, 0.25) is 0 Å². The number of rotatable bonds is 8. The van der Waals surface area contributed by atoms with Gasteiger partial charge in [0.25, 0.3) is 0 Å². The first-order valence-electron chi connectivity index (χ1n) is 8.59. The van der Waals surface area contributed by atoms with Crippen LogP contribution in [0.1, 0.15) is 23.2 Å². The molecule has 2 rings (SSSR count). The summed E-state index contributed by atoms with van der Waals surface area (Å²) in [5.41, 5.74) is 0.301. The molecule has 0 unspecified atom stereocenters. The first-order valence-corrected chi connectivity index (χ1v) is 9.47. The molecule has 0 fully saturated rings. The molecule has 0 aliphatic carbocycles. The number of methoxy groups -OCH3 is 1. The number of benzene rings is 1. The van der Waals surface area contributed by atoms with Gasteiger partial charge in [0.2, 0.25) is 0 Å². The van der Waals surface area contributed by atoms with Gasteiger partial charge < -0.3 is 15.4 Å². The number of ether oxygens (including phenoxy) is 1. The lowest BCUT2D eigenvalue weighted by Gasteiger charge is -2.11. The zero-order valence-electron chi connectivity index (χ0n) is 15.7. The minimum atomic E-state index is -4.39. The lowest BCUT2D eigenvalue weighted by molar-refractivity contribution is -0.140. The Labute approximate surface area is 183 Å². The number of alkyl halides is 3. The van der Waals surface area contributed by atoms with Crippen LogP contribution in [-0.2, 0) is 19.0 Å². The Bertz CT molecular complexity index is 752. The van der Waals surface area contributed by atoms with Gasteiger partial charge in [-0.1, -0.05) is 12.1 Å². The van der Waals surface area contributed by atoms with Crippen molar-refractivity contribution in [2.45, 2.75) is 25.9 Å². The van der Waals surface area contributed by atoms with Crippen LogP contribution < -0.4 is 15.4 Å². The van der Waals surface area contributed by atoms with E-state index in [0.717, 1.165) is 34.5 Å². The van der Waals surface area contributed by atoms with Crippen molar-refractivity contribution in [2.75, 3.05) is 26.7 Å². The Morgan fingerprint density at radius 2 is 2.04 bits per heavy atom. The topological polar surface area (TPSA) is 58.5 Å². The standard InChI is InChI=1S/C18H23F3N4OS.HI/c1-3-22-17(23-9-7-13-5-4-6-14(11-13)26-2)24-10-8-16-25-15(12-27-16)18(19,20)21;/h4-6,11-12H,3,7-10H2,1-2H3,(H2,22,23,24);1H. The molecule has 0 bridgehead atoms. The highest BCUT2D eigenvalue weighted by molar-refractivity contribution is 14.0. The lowest BCUT2D eigenvalue weighted by atomic mass is 10.1. The molecule has 10 heteroatoms. The SMILES string of the molecule is CCNC(=NCCc1nc(C(F)(F)F)cs1)NCCc1cccc(OC)c1.I. The maximum atomic E-state index is 12.6. The number of aromatic nitrogens is 1. The van der Waals surface area contributed by atoms with Crippen LogP contribution in [0.3, 0.4) is 0 Å². The third kappa shape index (κ3) is 8.21. The predicted octanol–water partition coefficient (Wildman–Crippen LogP) is 4.13. The summed E-state index contributed by atoms with van der Waals surface area (Å²) >= 11 is 1.01. The smallest absolute Gasteiger partial charge is 0.434 e. The fourth-order valence-corrected chi connectivity index (χ4v) is 3.11. The van der Waals surface area contributed by atoms with Crippen molar-refractivity contribution in [3.8, 4) is 5.75 Å². The number of hydrogen-bond donors (Lipinski definition) is 2. The molecule has 0 aliphatic rings. The molecule has 28 heavy (non-hydrogen) atoms. The van der Waals surface area contributed by atoms with E-state index in [-0.39, 0.29) is 24.0 Å². The molecule has 0 spiro atoms. The summed E-state index contributed by atoms with van der Waals surface area (Å²) in [5, 5.41) is 7.82. The second-order valence-electron chi connectivity index (χ2n) is 5.66. The molecule has 0 amide bonds. The van der Waals surface area contributed by atoms with E-state index >= 15 is 0 Å². The zero-order valence-corrected chi connectivity index (χ0v) is 18.8. The van der Waals surface area contributed by atoms with E-state index < -0.39 is 11.9 Å². The van der Waals surface area contributed by atoms with E-state index in [1.165, 1.54) is 0 Å².